The van der Waals surface area contributed by atoms with Gasteiger partial charge in [0.15, 0.2) is 11.5 Å². The Morgan fingerprint density at radius 2 is 2.19 bits per heavy atom. The van der Waals surface area contributed by atoms with Crippen molar-refractivity contribution in [1.82, 2.24) is 19.7 Å². The van der Waals surface area contributed by atoms with Crippen molar-refractivity contribution in [3.8, 4) is 0 Å². The Morgan fingerprint density at radius 1 is 1.38 bits per heavy atom. The molecule has 0 fully saturated rings. The number of fused-ring (bicyclic) bond motifs is 1. The van der Waals surface area contributed by atoms with Gasteiger partial charge in [0.25, 0.3) is 0 Å². The maximum absolute atomic E-state index is 11.2. The highest BCUT2D eigenvalue weighted by Gasteiger charge is 2.11. The van der Waals surface area contributed by atoms with E-state index in [1.807, 2.05) is 25.2 Å². The number of anilines is 1. The fourth-order valence-electron chi connectivity index (χ4n) is 2.07. The van der Waals surface area contributed by atoms with Crippen molar-refractivity contribution < 1.29 is 9.90 Å². The molecule has 0 amide bonds. The second-order valence-corrected chi connectivity index (χ2v) is 4.59. The van der Waals surface area contributed by atoms with E-state index in [0.29, 0.717) is 17.7 Å². The molecule has 7 heteroatoms. The van der Waals surface area contributed by atoms with Crippen LogP contribution in [0.25, 0.3) is 10.9 Å². The molecule has 0 saturated carbocycles. The van der Waals surface area contributed by atoms with Crippen LogP contribution in [-0.4, -0.2) is 30.8 Å². The van der Waals surface area contributed by atoms with Crippen LogP contribution in [0.1, 0.15) is 16.3 Å². The average Bonchev–Trinajstić information content (AvgIpc) is 2.89. The maximum Gasteiger partial charge on any atom is 0.354 e. The van der Waals surface area contributed by atoms with Crippen LogP contribution in [-0.2, 0) is 13.6 Å². The summed E-state index contributed by atoms with van der Waals surface area (Å²) in [6.07, 6.45) is 1.62. The summed E-state index contributed by atoms with van der Waals surface area (Å²) in [5.41, 5.74) is 1.35. The van der Waals surface area contributed by atoms with Crippen LogP contribution < -0.4 is 5.32 Å². The van der Waals surface area contributed by atoms with Crippen LogP contribution in [0.15, 0.2) is 36.7 Å². The second-order valence-electron chi connectivity index (χ2n) is 4.59. The number of carbonyl (C=O) groups is 1. The molecule has 7 nitrogen and oxygen atoms in total. The third-order valence-corrected chi connectivity index (χ3v) is 3.18. The quantitative estimate of drug-likeness (QED) is 0.756. The van der Waals surface area contributed by atoms with Crippen molar-refractivity contribution in [3.05, 3.63) is 48.2 Å². The van der Waals surface area contributed by atoms with Crippen LogP contribution in [0, 0.1) is 0 Å². The number of aryl methyl sites for hydroxylation is 1. The van der Waals surface area contributed by atoms with E-state index in [1.165, 1.54) is 6.07 Å². The van der Waals surface area contributed by atoms with E-state index < -0.39 is 5.97 Å². The molecule has 0 unspecified atom stereocenters. The minimum atomic E-state index is -1.05. The van der Waals surface area contributed by atoms with Gasteiger partial charge in [-0.2, -0.15) is 0 Å². The van der Waals surface area contributed by atoms with Crippen LogP contribution >= 0.6 is 0 Å². The summed E-state index contributed by atoms with van der Waals surface area (Å²) in [4.78, 5) is 15.3. The monoisotopic (exact) mass is 283 g/mol. The summed E-state index contributed by atoms with van der Waals surface area (Å²) in [6.45, 7) is 0.448. The number of pyridine rings is 1. The van der Waals surface area contributed by atoms with Gasteiger partial charge in [0.05, 0.1) is 12.1 Å². The molecule has 0 aliphatic carbocycles. The molecule has 21 heavy (non-hydrogen) atoms. The van der Waals surface area contributed by atoms with Crippen molar-refractivity contribution >= 4 is 22.6 Å². The molecule has 0 bridgehead atoms. The zero-order valence-corrected chi connectivity index (χ0v) is 11.3. The first-order valence-electron chi connectivity index (χ1n) is 6.35. The highest BCUT2D eigenvalue weighted by molar-refractivity contribution is 5.97. The standard InChI is InChI=1S/C14H13N5O2/c1-19-8-16-18-13(19)7-15-11-6-12(14(20)21)17-10-5-3-2-4-9(10)11/h2-6,8H,7H2,1H3,(H,15,17)(H,20,21). The van der Waals surface area contributed by atoms with E-state index in [1.54, 1.807) is 17.0 Å². The van der Waals surface area contributed by atoms with E-state index in [4.69, 9.17) is 5.11 Å². The number of aromatic nitrogens is 4. The third-order valence-electron chi connectivity index (χ3n) is 3.18. The summed E-state index contributed by atoms with van der Waals surface area (Å²) in [5, 5.41) is 21.0. The van der Waals surface area contributed by atoms with Crippen molar-refractivity contribution in [3.63, 3.8) is 0 Å². The van der Waals surface area contributed by atoms with Crippen molar-refractivity contribution in [2.75, 3.05) is 5.32 Å². The number of hydrogen-bond acceptors (Lipinski definition) is 5. The highest BCUT2D eigenvalue weighted by atomic mass is 16.4. The van der Waals surface area contributed by atoms with Gasteiger partial charge in [-0.25, -0.2) is 9.78 Å². The molecular weight excluding hydrogens is 270 g/mol. The van der Waals surface area contributed by atoms with E-state index in [-0.39, 0.29) is 5.69 Å². The number of nitrogens with one attached hydrogen (secondary N) is 1. The van der Waals surface area contributed by atoms with E-state index in [0.717, 1.165) is 11.2 Å². The zero-order valence-electron chi connectivity index (χ0n) is 11.3. The topological polar surface area (TPSA) is 92.9 Å². The zero-order chi connectivity index (χ0) is 14.8. The minimum Gasteiger partial charge on any atom is -0.477 e. The van der Waals surface area contributed by atoms with Gasteiger partial charge < -0.3 is 15.0 Å². The Morgan fingerprint density at radius 3 is 2.90 bits per heavy atom. The van der Waals surface area contributed by atoms with Gasteiger partial charge in [-0.3, -0.25) is 0 Å². The third kappa shape index (κ3) is 2.53. The molecule has 2 N–H and O–H groups in total. The number of carboxylic acids is 1. The summed E-state index contributed by atoms with van der Waals surface area (Å²) in [7, 11) is 1.85. The van der Waals surface area contributed by atoms with E-state index >= 15 is 0 Å². The van der Waals surface area contributed by atoms with Gasteiger partial charge in [-0.05, 0) is 12.1 Å². The van der Waals surface area contributed by atoms with Gasteiger partial charge in [0, 0.05) is 18.1 Å². The number of benzene rings is 1. The lowest BCUT2D eigenvalue weighted by atomic mass is 10.1. The molecular formula is C14H13N5O2. The van der Waals surface area contributed by atoms with Gasteiger partial charge in [-0.15, -0.1) is 10.2 Å². The summed E-state index contributed by atoms with van der Waals surface area (Å²) in [6, 6.07) is 8.93. The van der Waals surface area contributed by atoms with Gasteiger partial charge in [0.1, 0.15) is 6.33 Å². The molecule has 2 aromatic heterocycles. The molecule has 0 radical (unpaired) electrons. The number of carboxylic acid groups (broad SMARTS) is 1. The Balaban J connectivity index is 1.99. The van der Waals surface area contributed by atoms with Gasteiger partial charge in [0.2, 0.25) is 0 Å². The van der Waals surface area contributed by atoms with E-state index in [2.05, 4.69) is 20.5 Å². The number of para-hydroxylation sites is 1. The van der Waals surface area contributed by atoms with Crippen molar-refractivity contribution in [2.45, 2.75) is 6.54 Å². The van der Waals surface area contributed by atoms with Gasteiger partial charge in [-0.1, -0.05) is 18.2 Å². The lowest BCUT2D eigenvalue weighted by Crippen LogP contribution is -2.08. The lowest BCUT2D eigenvalue weighted by molar-refractivity contribution is 0.0691. The second kappa shape index (κ2) is 5.20. The molecule has 3 rings (SSSR count). The molecule has 1 aromatic carbocycles. The summed E-state index contributed by atoms with van der Waals surface area (Å²) < 4.78 is 1.80. The summed E-state index contributed by atoms with van der Waals surface area (Å²) in [5.74, 6) is -0.296. The minimum absolute atomic E-state index is 0.00849. The van der Waals surface area contributed by atoms with Crippen LogP contribution in [0.2, 0.25) is 0 Å². The van der Waals surface area contributed by atoms with Crippen LogP contribution in [0.4, 0.5) is 5.69 Å². The number of hydrogen-bond donors (Lipinski definition) is 2. The fraction of sp³-hybridized carbons (Fsp3) is 0.143. The Kier molecular flexibility index (Phi) is 3.23. The average molecular weight is 283 g/mol. The first-order valence-corrected chi connectivity index (χ1v) is 6.35. The molecule has 0 aliphatic heterocycles. The number of rotatable bonds is 4. The predicted octanol–water partition coefficient (Wildman–Crippen LogP) is 1.67. The van der Waals surface area contributed by atoms with Crippen LogP contribution in [0.3, 0.4) is 0 Å². The largest absolute Gasteiger partial charge is 0.477 e. The molecule has 0 atom stereocenters. The molecule has 3 aromatic rings. The van der Waals surface area contributed by atoms with E-state index in [9.17, 15) is 4.79 Å². The first kappa shape index (κ1) is 13.0. The van der Waals surface area contributed by atoms with Crippen molar-refractivity contribution in [2.24, 2.45) is 7.05 Å². The number of nitrogens with zero attached hydrogens (tertiary/aromatic N) is 4. The molecule has 2 heterocycles. The SMILES string of the molecule is Cn1cnnc1CNc1cc(C(=O)O)nc2ccccc12. The lowest BCUT2D eigenvalue weighted by Gasteiger charge is -2.10. The summed E-state index contributed by atoms with van der Waals surface area (Å²) >= 11 is 0. The Hall–Kier alpha value is -2.96. The molecule has 0 saturated heterocycles. The van der Waals surface area contributed by atoms with Crippen LogP contribution in [0.5, 0.6) is 0 Å². The molecule has 0 spiro atoms. The van der Waals surface area contributed by atoms with Gasteiger partial charge >= 0.3 is 5.97 Å². The Labute approximate surface area is 120 Å². The van der Waals surface area contributed by atoms with Crippen molar-refractivity contribution in [1.29, 1.82) is 0 Å². The predicted molar refractivity (Wildman–Crippen MR) is 77.0 cm³/mol. The molecule has 0 aliphatic rings. The molecule has 106 valence electrons. The Bertz CT molecular complexity index is 812. The first-order chi connectivity index (χ1) is 10.1. The fourth-order valence-corrected chi connectivity index (χ4v) is 2.07. The number of aromatic carboxylic acids is 1. The maximum atomic E-state index is 11.2. The highest BCUT2D eigenvalue weighted by Crippen LogP contribution is 2.23. The smallest absolute Gasteiger partial charge is 0.354 e. The normalized spacial score (nSPS) is 10.7.